The van der Waals surface area contributed by atoms with Crippen LogP contribution in [0.4, 0.5) is 10.3 Å². The number of aliphatic hydroxyl groups excluding tert-OH is 4. The molecule has 0 amide bonds. The minimum absolute atomic E-state index is 0.0383. The number of imidazole rings is 1. The molecular weight excluding hydrogens is 553 g/mol. The summed E-state index contributed by atoms with van der Waals surface area (Å²) in [4.78, 5) is 37.9. The molecule has 214 valence electrons. The summed E-state index contributed by atoms with van der Waals surface area (Å²) >= 11 is 1.55. The Morgan fingerprint density at radius 2 is 1.73 bits per heavy atom. The SMILES string of the molecule is Nc1nc(-c2cccs2)c2ncn([C@H]3C[C@H](O)[C@@H](CO)O3)c2n1.O=c1[nH]c(=O)n([C@H]2C[C@H](O)[C@@H](CO)O2)cc1F. The van der Waals surface area contributed by atoms with Crippen molar-refractivity contribution in [3.8, 4) is 10.6 Å². The fourth-order valence-corrected chi connectivity index (χ4v) is 5.22. The molecule has 6 atom stereocenters. The summed E-state index contributed by atoms with van der Waals surface area (Å²) in [6.07, 6.45) is -1.71. The molecule has 7 N–H and O–H groups in total. The molecule has 0 bridgehead atoms. The zero-order chi connectivity index (χ0) is 28.6. The molecule has 4 aromatic heterocycles. The lowest BCUT2D eigenvalue weighted by Gasteiger charge is -2.13. The molecular formula is C23H26FN7O8S. The first-order chi connectivity index (χ1) is 19.2. The van der Waals surface area contributed by atoms with Crippen molar-refractivity contribution in [2.75, 3.05) is 18.9 Å². The monoisotopic (exact) mass is 579 g/mol. The summed E-state index contributed by atoms with van der Waals surface area (Å²) in [5.41, 5.74) is 5.78. The Bertz CT molecular complexity index is 1590. The summed E-state index contributed by atoms with van der Waals surface area (Å²) in [6, 6.07) is 3.88. The lowest BCUT2D eigenvalue weighted by molar-refractivity contribution is -0.0462. The summed E-state index contributed by atoms with van der Waals surface area (Å²) < 4.78 is 26.4. The number of nitrogen functional groups attached to an aromatic ring is 1. The average Bonchev–Trinajstić information content (AvgIpc) is 3.72. The molecule has 0 unspecified atom stereocenters. The Morgan fingerprint density at radius 3 is 2.30 bits per heavy atom. The fourth-order valence-electron chi connectivity index (χ4n) is 4.50. The van der Waals surface area contributed by atoms with Gasteiger partial charge in [-0.2, -0.15) is 9.37 Å². The third kappa shape index (κ3) is 5.39. The normalized spacial score (nSPS) is 26.2. The summed E-state index contributed by atoms with van der Waals surface area (Å²) in [7, 11) is 0. The predicted octanol–water partition coefficient (Wildman–Crippen LogP) is -0.906. The van der Waals surface area contributed by atoms with Gasteiger partial charge in [-0.3, -0.25) is 18.9 Å². The van der Waals surface area contributed by atoms with E-state index in [4.69, 9.17) is 20.3 Å². The molecule has 6 heterocycles. The van der Waals surface area contributed by atoms with Crippen LogP contribution in [0.2, 0.25) is 0 Å². The van der Waals surface area contributed by atoms with Crippen molar-refractivity contribution in [3.63, 3.8) is 0 Å². The first kappa shape index (κ1) is 28.0. The van der Waals surface area contributed by atoms with Gasteiger partial charge in [0.05, 0.1) is 42.8 Å². The number of ether oxygens (including phenoxy) is 2. The van der Waals surface area contributed by atoms with E-state index in [2.05, 4.69) is 15.0 Å². The van der Waals surface area contributed by atoms with Crippen molar-refractivity contribution in [2.24, 2.45) is 0 Å². The minimum Gasteiger partial charge on any atom is -0.394 e. The summed E-state index contributed by atoms with van der Waals surface area (Å²) in [6.45, 7) is -0.639. The Hall–Kier alpha value is -3.58. The second-order valence-electron chi connectivity index (χ2n) is 9.10. The van der Waals surface area contributed by atoms with Gasteiger partial charge < -0.3 is 35.6 Å². The number of aromatic nitrogens is 6. The molecule has 17 heteroatoms. The number of anilines is 1. The van der Waals surface area contributed by atoms with E-state index in [0.29, 0.717) is 23.3 Å². The molecule has 0 aliphatic carbocycles. The van der Waals surface area contributed by atoms with Gasteiger partial charge in [0, 0.05) is 12.8 Å². The molecule has 15 nitrogen and oxygen atoms in total. The third-order valence-electron chi connectivity index (χ3n) is 6.51. The standard InChI is InChI=1S/C14H15N5O3S.C9H11FN2O5/c15-14-17-11(9-2-1-3-23-9)12-13(18-14)19(6-16-12)10-4-7(21)8(5-20)22-10;10-4-2-12(9(16)11-8(4)15)7-1-5(14)6(3-13)17-7/h1-3,6-8,10,20-21H,4-5H2,(H2,15,17,18);2,5-7,13-14H,1,3H2,(H,11,15,16)/t7-,8+,10+;5-,6+,7+/m00/s1. The average molecular weight is 580 g/mol. The van der Waals surface area contributed by atoms with Gasteiger partial charge in [-0.15, -0.1) is 11.3 Å². The molecule has 2 aliphatic heterocycles. The van der Waals surface area contributed by atoms with Crippen molar-refractivity contribution < 1.29 is 34.3 Å². The maximum atomic E-state index is 13.0. The highest BCUT2D eigenvalue weighted by Crippen LogP contribution is 2.34. The number of nitrogens with two attached hydrogens (primary N) is 1. The highest BCUT2D eigenvalue weighted by Gasteiger charge is 2.36. The Labute approximate surface area is 227 Å². The van der Waals surface area contributed by atoms with Gasteiger partial charge in [0.2, 0.25) is 11.8 Å². The maximum Gasteiger partial charge on any atom is 0.330 e. The van der Waals surface area contributed by atoms with Crippen molar-refractivity contribution >= 4 is 28.4 Å². The van der Waals surface area contributed by atoms with Gasteiger partial charge in [0.15, 0.2) is 5.65 Å². The van der Waals surface area contributed by atoms with Crippen LogP contribution in [-0.4, -0.2) is 87.1 Å². The minimum atomic E-state index is -1.12. The number of nitrogens with one attached hydrogen (secondary N) is 1. The van der Waals surface area contributed by atoms with Crippen molar-refractivity contribution in [1.82, 2.24) is 29.1 Å². The number of halogens is 1. The smallest absolute Gasteiger partial charge is 0.330 e. The van der Waals surface area contributed by atoms with Crippen LogP contribution < -0.4 is 17.0 Å². The van der Waals surface area contributed by atoms with E-state index in [1.165, 1.54) is 0 Å². The van der Waals surface area contributed by atoms with E-state index in [-0.39, 0.29) is 19.0 Å². The molecule has 0 saturated carbocycles. The highest BCUT2D eigenvalue weighted by atomic mass is 32.1. The quantitative estimate of drug-likeness (QED) is 0.169. The van der Waals surface area contributed by atoms with Gasteiger partial charge in [-0.1, -0.05) is 6.07 Å². The van der Waals surface area contributed by atoms with Gasteiger partial charge >= 0.3 is 5.69 Å². The van der Waals surface area contributed by atoms with Crippen molar-refractivity contribution in [3.05, 3.63) is 56.7 Å². The number of hydrogen-bond acceptors (Lipinski definition) is 13. The third-order valence-corrected chi connectivity index (χ3v) is 7.38. The zero-order valence-electron chi connectivity index (χ0n) is 20.7. The molecule has 0 aromatic carbocycles. The van der Waals surface area contributed by atoms with E-state index in [0.717, 1.165) is 15.6 Å². The largest absolute Gasteiger partial charge is 0.394 e. The fraction of sp³-hybridized carbons (Fsp3) is 0.435. The molecule has 0 radical (unpaired) electrons. The molecule has 0 spiro atoms. The Balaban J connectivity index is 0.000000170. The number of fused-ring (bicyclic) bond motifs is 1. The Kier molecular flexibility index (Phi) is 8.04. The first-order valence-electron chi connectivity index (χ1n) is 12.1. The number of rotatable bonds is 5. The zero-order valence-corrected chi connectivity index (χ0v) is 21.5. The highest BCUT2D eigenvalue weighted by molar-refractivity contribution is 7.13. The maximum absolute atomic E-state index is 13.0. The lowest BCUT2D eigenvalue weighted by Crippen LogP contribution is -2.34. The molecule has 2 fully saturated rings. The van der Waals surface area contributed by atoms with Gasteiger partial charge in [0.25, 0.3) is 5.56 Å². The van der Waals surface area contributed by atoms with Crippen LogP contribution in [0.1, 0.15) is 25.3 Å². The number of thiophene rings is 1. The first-order valence-corrected chi connectivity index (χ1v) is 13.0. The molecule has 6 rings (SSSR count). The van der Waals surface area contributed by atoms with E-state index < -0.39 is 60.5 Å². The number of nitrogens with zero attached hydrogens (tertiary/aromatic N) is 5. The van der Waals surface area contributed by atoms with Crippen molar-refractivity contribution in [1.29, 1.82) is 0 Å². The molecule has 2 aliphatic rings. The van der Waals surface area contributed by atoms with Gasteiger partial charge in [-0.05, 0) is 11.4 Å². The van der Waals surface area contributed by atoms with Crippen LogP contribution in [0, 0.1) is 5.82 Å². The summed E-state index contributed by atoms with van der Waals surface area (Å²) in [5, 5.41) is 39.4. The topological polar surface area (TPSA) is 224 Å². The van der Waals surface area contributed by atoms with Crippen LogP contribution >= 0.6 is 11.3 Å². The van der Waals surface area contributed by atoms with Crippen LogP contribution in [0.15, 0.2) is 39.6 Å². The molecule has 2 saturated heterocycles. The Morgan fingerprint density at radius 1 is 1.07 bits per heavy atom. The van der Waals surface area contributed by atoms with Crippen LogP contribution in [0.5, 0.6) is 0 Å². The van der Waals surface area contributed by atoms with Crippen LogP contribution in [0.3, 0.4) is 0 Å². The van der Waals surface area contributed by atoms with Gasteiger partial charge in [-0.25, -0.2) is 14.8 Å². The second kappa shape index (κ2) is 11.5. The second-order valence-corrected chi connectivity index (χ2v) is 10.1. The number of hydrogen-bond donors (Lipinski definition) is 6. The van der Waals surface area contributed by atoms with Crippen LogP contribution in [-0.2, 0) is 9.47 Å². The van der Waals surface area contributed by atoms with E-state index in [1.807, 2.05) is 17.5 Å². The molecule has 4 aromatic rings. The predicted molar refractivity (Wildman–Crippen MR) is 138 cm³/mol. The van der Waals surface area contributed by atoms with Crippen molar-refractivity contribution in [2.45, 2.75) is 49.7 Å². The van der Waals surface area contributed by atoms with E-state index in [9.17, 15) is 29.3 Å². The van der Waals surface area contributed by atoms with Gasteiger partial charge in [0.1, 0.15) is 35.9 Å². The van der Waals surface area contributed by atoms with Crippen LogP contribution in [0.25, 0.3) is 21.7 Å². The number of H-pyrrole nitrogens is 1. The van der Waals surface area contributed by atoms with E-state index in [1.54, 1.807) is 27.2 Å². The number of aromatic amines is 1. The summed E-state index contributed by atoms with van der Waals surface area (Å²) in [5.74, 6) is -0.963. The number of aliphatic hydroxyl groups is 4. The lowest BCUT2D eigenvalue weighted by atomic mass is 10.2. The molecule has 40 heavy (non-hydrogen) atoms. The van der Waals surface area contributed by atoms with E-state index >= 15 is 0 Å².